The molecular formula is C12H20N2O. The zero-order valence-corrected chi connectivity index (χ0v) is 9.95. The predicted molar refractivity (Wildman–Crippen MR) is 63.3 cm³/mol. The van der Waals surface area contributed by atoms with E-state index in [-0.39, 0.29) is 6.10 Å². The van der Waals surface area contributed by atoms with Crippen LogP contribution in [0.4, 0.5) is 5.82 Å². The van der Waals surface area contributed by atoms with Gasteiger partial charge in [0.15, 0.2) is 0 Å². The maximum Gasteiger partial charge on any atom is 0.215 e. The number of hydrogen-bond acceptors (Lipinski definition) is 3. The first kappa shape index (κ1) is 11.8. The second-order valence-electron chi connectivity index (χ2n) is 3.96. The van der Waals surface area contributed by atoms with Crippen molar-refractivity contribution in [3.63, 3.8) is 0 Å². The fourth-order valence-corrected chi connectivity index (χ4v) is 1.09. The highest BCUT2D eigenvalue weighted by Gasteiger charge is 2.09. The summed E-state index contributed by atoms with van der Waals surface area (Å²) in [7, 11) is 0. The van der Waals surface area contributed by atoms with E-state index in [0.29, 0.717) is 11.8 Å². The van der Waals surface area contributed by atoms with Crippen molar-refractivity contribution < 1.29 is 4.74 Å². The van der Waals surface area contributed by atoms with Crippen LogP contribution < -0.4 is 10.1 Å². The fraction of sp³-hybridized carbons (Fsp3) is 0.583. The van der Waals surface area contributed by atoms with E-state index in [1.165, 1.54) is 0 Å². The van der Waals surface area contributed by atoms with Crippen molar-refractivity contribution in [1.29, 1.82) is 0 Å². The molecule has 3 heteroatoms. The van der Waals surface area contributed by atoms with Gasteiger partial charge in [-0.1, -0.05) is 19.9 Å². The smallest absolute Gasteiger partial charge is 0.215 e. The van der Waals surface area contributed by atoms with Gasteiger partial charge in [0.2, 0.25) is 5.88 Å². The van der Waals surface area contributed by atoms with Crippen LogP contribution in [0, 0.1) is 5.92 Å². The van der Waals surface area contributed by atoms with E-state index < -0.39 is 0 Å². The molecule has 0 fully saturated rings. The molecule has 0 radical (unpaired) electrons. The van der Waals surface area contributed by atoms with Gasteiger partial charge < -0.3 is 10.1 Å². The molecule has 1 heterocycles. The Hall–Kier alpha value is -1.25. The molecule has 0 bridgehead atoms. The summed E-state index contributed by atoms with van der Waals surface area (Å²) < 4.78 is 5.71. The van der Waals surface area contributed by atoms with Crippen LogP contribution in [0.15, 0.2) is 18.2 Å². The van der Waals surface area contributed by atoms with Crippen molar-refractivity contribution >= 4 is 5.82 Å². The molecule has 0 aromatic carbocycles. The van der Waals surface area contributed by atoms with Gasteiger partial charge >= 0.3 is 0 Å². The summed E-state index contributed by atoms with van der Waals surface area (Å²) in [5, 5.41) is 3.16. The molecule has 15 heavy (non-hydrogen) atoms. The molecule has 0 aliphatic carbocycles. The number of pyridine rings is 1. The Morgan fingerprint density at radius 3 is 2.67 bits per heavy atom. The maximum absolute atomic E-state index is 5.71. The minimum atomic E-state index is 0.189. The third-order valence-electron chi connectivity index (χ3n) is 2.33. The lowest BCUT2D eigenvalue weighted by Gasteiger charge is -2.17. The number of anilines is 1. The Balaban J connectivity index is 2.64. The van der Waals surface area contributed by atoms with Crippen LogP contribution in [0.1, 0.15) is 27.7 Å². The van der Waals surface area contributed by atoms with E-state index in [1.807, 2.05) is 25.1 Å². The predicted octanol–water partition coefficient (Wildman–Crippen LogP) is 2.94. The van der Waals surface area contributed by atoms with E-state index >= 15 is 0 Å². The largest absolute Gasteiger partial charge is 0.474 e. The molecule has 1 atom stereocenters. The van der Waals surface area contributed by atoms with Gasteiger partial charge in [0, 0.05) is 12.6 Å². The lowest BCUT2D eigenvalue weighted by Crippen LogP contribution is -2.19. The van der Waals surface area contributed by atoms with E-state index in [2.05, 4.69) is 31.1 Å². The number of aromatic nitrogens is 1. The first-order valence-electron chi connectivity index (χ1n) is 5.51. The fourth-order valence-electron chi connectivity index (χ4n) is 1.09. The van der Waals surface area contributed by atoms with Crippen molar-refractivity contribution in [3.05, 3.63) is 18.2 Å². The molecule has 0 spiro atoms. The Bertz CT molecular complexity index is 299. The molecule has 1 unspecified atom stereocenters. The summed E-state index contributed by atoms with van der Waals surface area (Å²) in [4.78, 5) is 4.35. The van der Waals surface area contributed by atoms with E-state index in [1.54, 1.807) is 0 Å². The average Bonchev–Trinajstić information content (AvgIpc) is 2.18. The number of hydrogen-bond donors (Lipinski definition) is 1. The molecule has 0 aliphatic rings. The minimum Gasteiger partial charge on any atom is -0.474 e. The van der Waals surface area contributed by atoms with Crippen LogP contribution in [0.2, 0.25) is 0 Å². The number of nitrogens with zero attached hydrogens (tertiary/aromatic N) is 1. The van der Waals surface area contributed by atoms with Crippen LogP contribution in [0.25, 0.3) is 0 Å². The van der Waals surface area contributed by atoms with Gasteiger partial charge in [-0.15, -0.1) is 0 Å². The third kappa shape index (κ3) is 3.78. The van der Waals surface area contributed by atoms with Gasteiger partial charge in [-0.25, -0.2) is 0 Å². The summed E-state index contributed by atoms with van der Waals surface area (Å²) in [6, 6.07) is 5.78. The lowest BCUT2D eigenvalue weighted by atomic mass is 10.1. The molecule has 1 aromatic heterocycles. The van der Waals surface area contributed by atoms with Gasteiger partial charge in [-0.3, -0.25) is 0 Å². The summed E-state index contributed by atoms with van der Waals surface area (Å²) in [6.07, 6.45) is 0.189. The zero-order chi connectivity index (χ0) is 11.3. The number of ether oxygens (including phenoxy) is 1. The van der Waals surface area contributed by atoms with Gasteiger partial charge in [0.1, 0.15) is 5.82 Å². The molecule has 1 aromatic rings. The quantitative estimate of drug-likeness (QED) is 0.807. The second kappa shape index (κ2) is 5.59. The maximum atomic E-state index is 5.71. The van der Waals surface area contributed by atoms with Crippen molar-refractivity contribution in [2.75, 3.05) is 11.9 Å². The van der Waals surface area contributed by atoms with Crippen LogP contribution in [0.5, 0.6) is 5.88 Å². The molecular weight excluding hydrogens is 188 g/mol. The molecule has 1 N–H and O–H groups in total. The van der Waals surface area contributed by atoms with Gasteiger partial charge in [-0.2, -0.15) is 4.98 Å². The zero-order valence-electron chi connectivity index (χ0n) is 9.95. The molecule has 0 saturated heterocycles. The van der Waals surface area contributed by atoms with E-state index in [4.69, 9.17) is 4.74 Å². The lowest BCUT2D eigenvalue weighted by molar-refractivity contribution is 0.163. The highest BCUT2D eigenvalue weighted by atomic mass is 16.5. The van der Waals surface area contributed by atoms with Crippen molar-refractivity contribution in [1.82, 2.24) is 4.98 Å². The summed E-state index contributed by atoms with van der Waals surface area (Å²) >= 11 is 0. The summed E-state index contributed by atoms with van der Waals surface area (Å²) in [5.74, 6) is 2.05. The SMILES string of the molecule is CCNc1cccc(OC(C)C(C)C)n1. The topological polar surface area (TPSA) is 34.1 Å². The van der Waals surface area contributed by atoms with E-state index in [9.17, 15) is 0 Å². The molecule has 3 nitrogen and oxygen atoms in total. The van der Waals surface area contributed by atoms with Gasteiger partial charge in [0.05, 0.1) is 6.10 Å². The molecule has 0 saturated carbocycles. The monoisotopic (exact) mass is 208 g/mol. The van der Waals surface area contributed by atoms with Crippen molar-refractivity contribution in [2.24, 2.45) is 5.92 Å². The minimum absolute atomic E-state index is 0.189. The standard InChI is InChI=1S/C12H20N2O/c1-5-13-11-7-6-8-12(14-11)15-10(4)9(2)3/h6-10H,5H2,1-4H3,(H,13,14). The van der Waals surface area contributed by atoms with Crippen molar-refractivity contribution in [3.8, 4) is 5.88 Å². The molecule has 0 amide bonds. The van der Waals surface area contributed by atoms with Crippen molar-refractivity contribution in [2.45, 2.75) is 33.8 Å². The van der Waals surface area contributed by atoms with Crippen LogP contribution in [-0.4, -0.2) is 17.6 Å². The highest BCUT2D eigenvalue weighted by Crippen LogP contribution is 2.15. The average molecular weight is 208 g/mol. The molecule has 0 aliphatic heterocycles. The van der Waals surface area contributed by atoms with Crippen LogP contribution in [-0.2, 0) is 0 Å². The first-order chi connectivity index (χ1) is 7.13. The second-order valence-corrected chi connectivity index (χ2v) is 3.96. The van der Waals surface area contributed by atoms with E-state index in [0.717, 1.165) is 12.4 Å². The van der Waals surface area contributed by atoms with Gasteiger partial charge in [0.25, 0.3) is 0 Å². The summed E-state index contributed by atoms with van der Waals surface area (Å²) in [6.45, 7) is 9.26. The highest BCUT2D eigenvalue weighted by molar-refractivity contribution is 5.36. The summed E-state index contributed by atoms with van der Waals surface area (Å²) in [5.41, 5.74) is 0. The normalized spacial score (nSPS) is 12.6. The van der Waals surface area contributed by atoms with Gasteiger partial charge in [-0.05, 0) is 25.8 Å². The third-order valence-corrected chi connectivity index (χ3v) is 2.33. The van der Waals surface area contributed by atoms with Crippen LogP contribution in [0.3, 0.4) is 0 Å². The molecule has 84 valence electrons. The number of nitrogens with one attached hydrogen (secondary N) is 1. The Kier molecular flexibility index (Phi) is 4.40. The Labute approximate surface area is 91.9 Å². The Morgan fingerprint density at radius 1 is 1.33 bits per heavy atom. The Morgan fingerprint density at radius 2 is 2.07 bits per heavy atom. The molecule has 1 rings (SSSR count). The first-order valence-corrected chi connectivity index (χ1v) is 5.51. The van der Waals surface area contributed by atoms with Crippen LogP contribution >= 0.6 is 0 Å². The number of rotatable bonds is 5.